The molecular formula is C13H21NO3. The Morgan fingerprint density at radius 3 is 2.41 bits per heavy atom. The van der Waals surface area contributed by atoms with Crippen LogP contribution in [0.2, 0.25) is 0 Å². The Labute approximate surface area is 103 Å². The van der Waals surface area contributed by atoms with E-state index in [1.165, 1.54) is 0 Å². The SMILES string of the molecule is COCCN(CCO)CCOc1ccccc1. The number of aliphatic hydroxyl groups is 1. The lowest BCUT2D eigenvalue weighted by Crippen LogP contribution is -2.33. The van der Waals surface area contributed by atoms with Crippen LogP contribution in [0, 0.1) is 0 Å². The first-order valence-corrected chi connectivity index (χ1v) is 5.87. The number of hydrogen-bond acceptors (Lipinski definition) is 4. The van der Waals surface area contributed by atoms with E-state index in [-0.39, 0.29) is 6.61 Å². The molecule has 0 aliphatic heterocycles. The van der Waals surface area contributed by atoms with Crippen LogP contribution in [0.5, 0.6) is 5.75 Å². The van der Waals surface area contributed by atoms with Crippen LogP contribution >= 0.6 is 0 Å². The molecule has 0 bridgehead atoms. The Kier molecular flexibility index (Phi) is 7.38. The number of benzene rings is 1. The van der Waals surface area contributed by atoms with Gasteiger partial charge >= 0.3 is 0 Å². The highest BCUT2D eigenvalue weighted by Gasteiger charge is 2.03. The van der Waals surface area contributed by atoms with Crippen molar-refractivity contribution in [1.29, 1.82) is 0 Å². The molecule has 0 aliphatic rings. The second-order valence-electron chi connectivity index (χ2n) is 3.72. The van der Waals surface area contributed by atoms with Crippen molar-refractivity contribution in [3.8, 4) is 5.75 Å². The van der Waals surface area contributed by atoms with Gasteiger partial charge in [-0.15, -0.1) is 0 Å². The van der Waals surface area contributed by atoms with E-state index in [4.69, 9.17) is 14.6 Å². The summed E-state index contributed by atoms with van der Waals surface area (Å²) in [5.74, 6) is 0.878. The third-order valence-corrected chi connectivity index (χ3v) is 2.45. The minimum Gasteiger partial charge on any atom is -0.492 e. The summed E-state index contributed by atoms with van der Waals surface area (Å²) in [6.45, 7) is 3.71. The minimum atomic E-state index is 0.162. The van der Waals surface area contributed by atoms with Gasteiger partial charge in [-0.2, -0.15) is 0 Å². The molecule has 1 rings (SSSR count). The standard InChI is InChI=1S/C13H21NO3/c1-16-11-8-14(7-10-15)9-12-17-13-5-3-2-4-6-13/h2-6,15H,7-12H2,1H3. The fourth-order valence-electron chi connectivity index (χ4n) is 1.51. The van der Waals surface area contributed by atoms with Crippen LogP contribution in [0.4, 0.5) is 0 Å². The molecule has 0 aliphatic carbocycles. The zero-order valence-corrected chi connectivity index (χ0v) is 10.3. The molecule has 1 aromatic carbocycles. The molecule has 0 radical (unpaired) electrons. The molecule has 0 amide bonds. The second-order valence-corrected chi connectivity index (χ2v) is 3.72. The van der Waals surface area contributed by atoms with Crippen molar-refractivity contribution in [1.82, 2.24) is 4.90 Å². The van der Waals surface area contributed by atoms with Crippen LogP contribution < -0.4 is 4.74 Å². The molecule has 0 aromatic heterocycles. The van der Waals surface area contributed by atoms with Crippen molar-refractivity contribution in [2.24, 2.45) is 0 Å². The van der Waals surface area contributed by atoms with Crippen molar-refractivity contribution in [2.75, 3.05) is 46.6 Å². The van der Waals surface area contributed by atoms with E-state index in [9.17, 15) is 0 Å². The van der Waals surface area contributed by atoms with Gasteiger partial charge in [0.15, 0.2) is 0 Å². The number of methoxy groups -OCH3 is 1. The van der Waals surface area contributed by atoms with E-state index < -0.39 is 0 Å². The van der Waals surface area contributed by atoms with Gasteiger partial charge in [-0.05, 0) is 12.1 Å². The smallest absolute Gasteiger partial charge is 0.119 e. The Balaban J connectivity index is 2.22. The van der Waals surface area contributed by atoms with Crippen molar-refractivity contribution in [3.63, 3.8) is 0 Å². The van der Waals surface area contributed by atoms with Crippen LogP contribution in [0.3, 0.4) is 0 Å². The average molecular weight is 239 g/mol. The largest absolute Gasteiger partial charge is 0.492 e. The average Bonchev–Trinajstić information content (AvgIpc) is 2.37. The Morgan fingerprint density at radius 2 is 1.76 bits per heavy atom. The lowest BCUT2D eigenvalue weighted by atomic mass is 10.3. The normalized spacial score (nSPS) is 10.8. The highest BCUT2D eigenvalue weighted by atomic mass is 16.5. The van der Waals surface area contributed by atoms with Crippen LogP contribution in [0.15, 0.2) is 30.3 Å². The van der Waals surface area contributed by atoms with Crippen molar-refractivity contribution in [2.45, 2.75) is 0 Å². The third-order valence-electron chi connectivity index (χ3n) is 2.45. The number of ether oxygens (including phenoxy) is 2. The summed E-state index contributed by atoms with van der Waals surface area (Å²) in [4.78, 5) is 2.12. The first-order valence-electron chi connectivity index (χ1n) is 5.87. The maximum atomic E-state index is 8.93. The molecule has 96 valence electrons. The topological polar surface area (TPSA) is 41.9 Å². The summed E-state index contributed by atoms with van der Waals surface area (Å²) in [7, 11) is 1.68. The van der Waals surface area contributed by atoms with Gasteiger partial charge in [0.25, 0.3) is 0 Å². The molecule has 1 aromatic rings. The van der Waals surface area contributed by atoms with Gasteiger partial charge in [-0.1, -0.05) is 18.2 Å². The monoisotopic (exact) mass is 239 g/mol. The summed E-state index contributed by atoms with van der Waals surface area (Å²) in [6.07, 6.45) is 0. The number of para-hydroxylation sites is 1. The number of rotatable bonds is 9. The lowest BCUT2D eigenvalue weighted by molar-refractivity contribution is 0.118. The number of hydrogen-bond donors (Lipinski definition) is 1. The minimum absolute atomic E-state index is 0.162. The quantitative estimate of drug-likeness (QED) is 0.698. The van der Waals surface area contributed by atoms with Crippen molar-refractivity contribution >= 4 is 0 Å². The van der Waals surface area contributed by atoms with E-state index in [0.29, 0.717) is 19.8 Å². The maximum Gasteiger partial charge on any atom is 0.119 e. The molecule has 1 N–H and O–H groups in total. The molecule has 0 heterocycles. The van der Waals surface area contributed by atoms with Gasteiger partial charge in [0.05, 0.1) is 13.2 Å². The van der Waals surface area contributed by atoms with E-state index in [2.05, 4.69) is 4.90 Å². The van der Waals surface area contributed by atoms with Gasteiger partial charge in [0.2, 0.25) is 0 Å². The predicted octanol–water partition coefficient (Wildman–Crippen LogP) is 1.01. The van der Waals surface area contributed by atoms with Crippen LogP contribution in [-0.4, -0.2) is 56.6 Å². The van der Waals surface area contributed by atoms with Gasteiger partial charge in [-0.3, -0.25) is 4.90 Å². The first-order chi connectivity index (χ1) is 8.36. The fourth-order valence-corrected chi connectivity index (χ4v) is 1.51. The predicted molar refractivity (Wildman–Crippen MR) is 67.3 cm³/mol. The Hall–Kier alpha value is -1.10. The first kappa shape index (κ1) is 14.0. The molecule has 4 heteroatoms. The summed E-state index contributed by atoms with van der Waals surface area (Å²) in [5.41, 5.74) is 0. The van der Waals surface area contributed by atoms with Gasteiger partial charge in [0, 0.05) is 26.7 Å². The summed E-state index contributed by atoms with van der Waals surface area (Å²) >= 11 is 0. The highest BCUT2D eigenvalue weighted by Crippen LogP contribution is 2.07. The van der Waals surface area contributed by atoms with E-state index in [1.807, 2.05) is 30.3 Å². The number of aliphatic hydroxyl groups excluding tert-OH is 1. The molecule has 4 nitrogen and oxygen atoms in total. The molecule has 0 saturated carbocycles. The summed E-state index contributed by atoms with van der Waals surface area (Å²) in [6, 6.07) is 9.73. The summed E-state index contributed by atoms with van der Waals surface area (Å²) in [5, 5.41) is 8.93. The van der Waals surface area contributed by atoms with E-state index >= 15 is 0 Å². The molecule has 0 spiro atoms. The fraction of sp³-hybridized carbons (Fsp3) is 0.538. The Bertz CT molecular complexity index is 279. The van der Waals surface area contributed by atoms with Crippen molar-refractivity contribution < 1.29 is 14.6 Å². The molecule has 0 saturated heterocycles. The highest BCUT2D eigenvalue weighted by molar-refractivity contribution is 5.20. The van der Waals surface area contributed by atoms with Crippen molar-refractivity contribution in [3.05, 3.63) is 30.3 Å². The molecular weight excluding hydrogens is 218 g/mol. The third kappa shape index (κ3) is 6.26. The lowest BCUT2D eigenvalue weighted by Gasteiger charge is -2.20. The molecule has 0 unspecified atom stereocenters. The van der Waals surface area contributed by atoms with Crippen LogP contribution in [-0.2, 0) is 4.74 Å². The van der Waals surface area contributed by atoms with Gasteiger partial charge in [0.1, 0.15) is 12.4 Å². The van der Waals surface area contributed by atoms with Crippen LogP contribution in [0.1, 0.15) is 0 Å². The second kappa shape index (κ2) is 8.98. The maximum absolute atomic E-state index is 8.93. The Morgan fingerprint density at radius 1 is 1.06 bits per heavy atom. The zero-order valence-electron chi connectivity index (χ0n) is 10.3. The number of nitrogens with zero attached hydrogens (tertiary/aromatic N) is 1. The van der Waals surface area contributed by atoms with E-state index in [0.717, 1.165) is 18.8 Å². The molecule has 17 heavy (non-hydrogen) atoms. The molecule has 0 fully saturated rings. The summed E-state index contributed by atoms with van der Waals surface area (Å²) < 4.78 is 10.6. The van der Waals surface area contributed by atoms with Gasteiger partial charge < -0.3 is 14.6 Å². The molecule has 0 atom stereocenters. The van der Waals surface area contributed by atoms with E-state index in [1.54, 1.807) is 7.11 Å². The van der Waals surface area contributed by atoms with Crippen LogP contribution in [0.25, 0.3) is 0 Å². The zero-order chi connectivity index (χ0) is 12.3. The van der Waals surface area contributed by atoms with Gasteiger partial charge in [-0.25, -0.2) is 0 Å².